The Balaban J connectivity index is 1.48. The average molecular weight is 430 g/mol. The van der Waals surface area contributed by atoms with Gasteiger partial charge >= 0.3 is 0 Å². The molecule has 1 fully saturated rings. The molecular formula is C22H23NO4S2. The molecule has 2 N–H and O–H groups in total. The van der Waals surface area contributed by atoms with Crippen LogP contribution in [0.3, 0.4) is 0 Å². The highest BCUT2D eigenvalue weighted by Gasteiger charge is 2.21. The number of rotatable bonds is 9. The number of para-hydroxylation sites is 1. The molecule has 1 amide bonds. The van der Waals surface area contributed by atoms with Gasteiger partial charge in [0.15, 0.2) is 0 Å². The molecule has 3 rings (SSSR count). The number of benzene rings is 2. The molecular weight excluding hydrogens is 406 g/mol. The van der Waals surface area contributed by atoms with Crippen molar-refractivity contribution >= 4 is 40.3 Å². The van der Waals surface area contributed by atoms with Crippen molar-refractivity contribution in [3.05, 3.63) is 64.6 Å². The molecule has 1 atom stereocenters. The van der Waals surface area contributed by atoms with Crippen molar-refractivity contribution in [3.8, 4) is 11.5 Å². The number of carbonyl (C=O) groups is 1. The van der Waals surface area contributed by atoms with E-state index in [-0.39, 0.29) is 19.1 Å². The Labute approximate surface area is 180 Å². The van der Waals surface area contributed by atoms with Gasteiger partial charge in [0.1, 0.15) is 35.1 Å². The van der Waals surface area contributed by atoms with Crippen molar-refractivity contribution in [3.63, 3.8) is 0 Å². The van der Waals surface area contributed by atoms with Crippen LogP contribution in [0, 0.1) is 0 Å². The topological polar surface area (TPSA) is 67.8 Å². The normalized spacial score (nSPS) is 16.0. The predicted octanol–water partition coefficient (Wildman–Crippen LogP) is 3.95. The van der Waals surface area contributed by atoms with E-state index in [4.69, 9.17) is 21.7 Å². The van der Waals surface area contributed by atoms with E-state index >= 15 is 0 Å². The number of aliphatic hydroxyl groups is 1. The number of hydrogen-bond donors (Lipinski definition) is 2. The van der Waals surface area contributed by atoms with Gasteiger partial charge in [0, 0.05) is 0 Å². The number of amides is 1. The Hall–Kier alpha value is -2.35. The van der Waals surface area contributed by atoms with E-state index < -0.39 is 6.10 Å². The largest absolute Gasteiger partial charge is 0.491 e. The van der Waals surface area contributed by atoms with Crippen LogP contribution in [0.4, 0.5) is 0 Å². The number of carbonyl (C=O) groups excluding carboxylic acids is 1. The summed E-state index contributed by atoms with van der Waals surface area (Å²) in [6.45, 7) is 2.41. The zero-order valence-electron chi connectivity index (χ0n) is 16.1. The van der Waals surface area contributed by atoms with E-state index in [0.717, 1.165) is 29.7 Å². The molecule has 1 aliphatic rings. The minimum atomic E-state index is -0.744. The fraction of sp³-hybridized carbons (Fsp3) is 0.273. The Morgan fingerprint density at radius 3 is 2.55 bits per heavy atom. The van der Waals surface area contributed by atoms with Crippen LogP contribution in [0.15, 0.2) is 53.4 Å². The van der Waals surface area contributed by atoms with Gasteiger partial charge in [-0.2, -0.15) is 0 Å². The monoisotopic (exact) mass is 429 g/mol. The van der Waals surface area contributed by atoms with Crippen LogP contribution in [-0.2, 0) is 11.2 Å². The molecule has 2 aromatic rings. The SMILES string of the molecule is CCCc1ccccc1OCC(O)COc1ccc(/C=C2\SC(=S)NC2=O)cc1. The molecule has 0 radical (unpaired) electrons. The van der Waals surface area contributed by atoms with Crippen molar-refractivity contribution in [1.82, 2.24) is 5.32 Å². The summed E-state index contributed by atoms with van der Waals surface area (Å²) in [4.78, 5) is 12.3. The molecule has 1 saturated heterocycles. The number of ether oxygens (including phenoxy) is 2. The van der Waals surface area contributed by atoms with Gasteiger partial charge in [-0.05, 0) is 41.8 Å². The molecule has 7 heteroatoms. The third-order valence-corrected chi connectivity index (χ3v) is 5.35. The zero-order chi connectivity index (χ0) is 20.6. The van der Waals surface area contributed by atoms with Crippen molar-refractivity contribution in [2.75, 3.05) is 13.2 Å². The first-order valence-corrected chi connectivity index (χ1v) is 10.6. The third-order valence-electron chi connectivity index (χ3n) is 4.19. The molecule has 0 spiro atoms. The number of aliphatic hydroxyl groups excluding tert-OH is 1. The molecule has 1 heterocycles. The van der Waals surface area contributed by atoms with Gasteiger partial charge in [0.2, 0.25) is 0 Å². The van der Waals surface area contributed by atoms with E-state index in [0.29, 0.717) is 15.0 Å². The maximum absolute atomic E-state index is 11.7. The Bertz CT molecular complexity index is 896. The van der Waals surface area contributed by atoms with Gasteiger partial charge < -0.3 is 19.9 Å². The molecule has 5 nitrogen and oxygen atoms in total. The number of hydrogen-bond acceptors (Lipinski definition) is 6. The average Bonchev–Trinajstić information content (AvgIpc) is 3.03. The highest BCUT2D eigenvalue weighted by atomic mass is 32.2. The van der Waals surface area contributed by atoms with Crippen LogP contribution in [0.25, 0.3) is 6.08 Å². The highest BCUT2D eigenvalue weighted by molar-refractivity contribution is 8.26. The van der Waals surface area contributed by atoms with Gasteiger partial charge in [-0.1, -0.05) is 67.7 Å². The van der Waals surface area contributed by atoms with Crippen LogP contribution in [0.2, 0.25) is 0 Å². The molecule has 0 aliphatic carbocycles. The van der Waals surface area contributed by atoms with Crippen LogP contribution in [0.5, 0.6) is 11.5 Å². The zero-order valence-corrected chi connectivity index (χ0v) is 17.7. The summed E-state index contributed by atoms with van der Waals surface area (Å²) in [5.74, 6) is 1.26. The molecule has 0 saturated carbocycles. The Morgan fingerprint density at radius 1 is 1.14 bits per heavy atom. The summed E-state index contributed by atoms with van der Waals surface area (Å²) in [5.41, 5.74) is 2.01. The molecule has 2 aromatic carbocycles. The fourth-order valence-electron chi connectivity index (χ4n) is 2.78. The van der Waals surface area contributed by atoms with Gasteiger partial charge in [-0.25, -0.2) is 0 Å². The minimum Gasteiger partial charge on any atom is -0.491 e. The van der Waals surface area contributed by atoms with Crippen LogP contribution in [-0.4, -0.2) is 34.7 Å². The summed E-state index contributed by atoms with van der Waals surface area (Å²) in [6, 6.07) is 15.2. The lowest BCUT2D eigenvalue weighted by atomic mass is 10.1. The van der Waals surface area contributed by atoms with E-state index in [1.807, 2.05) is 36.4 Å². The molecule has 152 valence electrons. The third kappa shape index (κ3) is 6.32. The maximum atomic E-state index is 11.7. The first-order chi connectivity index (χ1) is 14.0. The number of aryl methyl sites for hydroxylation is 1. The quantitative estimate of drug-likeness (QED) is 0.465. The summed E-state index contributed by atoms with van der Waals surface area (Å²) < 4.78 is 11.9. The van der Waals surface area contributed by atoms with E-state index in [2.05, 4.69) is 12.2 Å². The van der Waals surface area contributed by atoms with E-state index in [1.165, 1.54) is 11.8 Å². The standard InChI is InChI=1S/C22H23NO4S2/c1-2-5-16-6-3-4-7-19(16)27-14-17(24)13-26-18-10-8-15(9-11-18)12-20-21(25)23-22(28)29-20/h3-4,6-12,17,24H,2,5,13-14H2,1H3,(H,23,25,28)/b20-12-. The summed E-state index contributed by atoms with van der Waals surface area (Å²) in [6.07, 6.45) is 3.01. The lowest BCUT2D eigenvalue weighted by Crippen LogP contribution is -2.25. The minimum absolute atomic E-state index is 0.128. The molecule has 0 aromatic heterocycles. The second-order valence-corrected chi connectivity index (χ2v) is 8.27. The molecule has 0 bridgehead atoms. The van der Waals surface area contributed by atoms with Gasteiger partial charge in [-0.15, -0.1) is 0 Å². The summed E-state index contributed by atoms with van der Waals surface area (Å²) in [5, 5.41) is 12.8. The molecule has 1 unspecified atom stereocenters. The van der Waals surface area contributed by atoms with Gasteiger partial charge in [0.05, 0.1) is 4.91 Å². The van der Waals surface area contributed by atoms with Crippen molar-refractivity contribution in [2.24, 2.45) is 0 Å². The first-order valence-electron chi connectivity index (χ1n) is 9.41. The lowest BCUT2D eigenvalue weighted by molar-refractivity contribution is -0.115. The smallest absolute Gasteiger partial charge is 0.263 e. The van der Waals surface area contributed by atoms with Gasteiger partial charge in [-0.3, -0.25) is 4.79 Å². The lowest BCUT2D eigenvalue weighted by Gasteiger charge is -2.15. The van der Waals surface area contributed by atoms with E-state index in [9.17, 15) is 9.90 Å². The van der Waals surface area contributed by atoms with Crippen LogP contribution < -0.4 is 14.8 Å². The predicted molar refractivity (Wildman–Crippen MR) is 120 cm³/mol. The van der Waals surface area contributed by atoms with Crippen LogP contribution in [0.1, 0.15) is 24.5 Å². The van der Waals surface area contributed by atoms with Gasteiger partial charge in [0.25, 0.3) is 5.91 Å². The Morgan fingerprint density at radius 2 is 1.86 bits per heavy atom. The number of thiocarbonyl (C=S) groups is 1. The number of nitrogens with one attached hydrogen (secondary N) is 1. The maximum Gasteiger partial charge on any atom is 0.263 e. The molecule has 29 heavy (non-hydrogen) atoms. The van der Waals surface area contributed by atoms with Crippen molar-refractivity contribution in [1.29, 1.82) is 0 Å². The van der Waals surface area contributed by atoms with E-state index in [1.54, 1.807) is 18.2 Å². The molecule has 1 aliphatic heterocycles. The Kier molecular flexibility index (Phi) is 7.69. The van der Waals surface area contributed by atoms with Crippen molar-refractivity contribution < 1.29 is 19.4 Å². The second kappa shape index (κ2) is 10.4. The van der Waals surface area contributed by atoms with Crippen molar-refractivity contribution in [2.45, 2.75) is 25.9 Å². The summed E-state index contributed by atoms with van der Waals surface area (Å²) >= 11 is 6.23. The highest BCUT2D eigenvalue weighted by Crippen LogP contribution is 2.26. The second-order valence-electron chi connectivity index (χ2n) is 6.55. The first kappa shape index (κ1) is 21.4. The summed E-state index contributed by atoms with van der Waals surface area (Å²) in [7, 11) is 0. The van der Waals surface area contributed by atoms with Crippen LogP contribution >= 0.6 is 24.0 Å². The number of thioether (sulfide) groups is 1. The fourth-order valence-corrected chi connectivity index (χ4v) is 3.82.